The van der Waals surface area contributed by atoms with Crippen molar-refractivity contribution in [3.8, 4) is 0 Å². The Balaban J connectivity index is 2.05. The maximum Gasteiger partial charge on any atom is 0.255 e. The number of carbonyl (C=O) groups is 2. The Labute approximate surface area is 146 Å². The van der Waals surface area contributed by atoms with E-state index in [2.05, 4.69) is 10.6 Å². The fraction of sp³-hybridized carbons (Fsp3) is 0.263. The van der Waals surface area contributed by atoms with Crippen LogP contribution in [-0.2, 0) is 0 Å². The van der Waals surface area contributed by atoms with Gasteiger partial charge in [0.2, 0.25) is 0 Å². The zero-order valence-corrected chi connectivity index (χ0v) is 14.5. The fourth-order valence-corrected chi connectivity index (χ4v) is 2.05. The van der Waals surface area contributed by atoms with E-state index in [4.69, 9.17) is 5.73 Å². The molecule has 0 aromatic heterocycles. The lowest BCUT2D eigenvalue weighted by atomic mass is 9.97. The highest BCUT2D eigenvalue weighted by atomic mass is 19.1. The SMILES string of the molecule is CC(C)(C)CNC(=O)c1ccc(C(=O)Nc2cc(F)ccc2N)cc1. The highest BCUT2D eigenvalue weighted by molar-refractivity contribution is 6.06. The highest BCUT2D eigenvalue weighted by Crippen LogP contribution is 2.20. The molecule has 2 aromatic carbocycles. The molecule has 5 nitrogen and oxygen atoms in total. The lowest BCUT2D eigenvalue weighted by Crippen LogP contribution is -2.32. The van der Waals surface area contributed by atoms with Crippen LogP contribution in [0, 0.1) is 11.2 Å². The van der Waals surface area contributed by atoms with E-state index in [0.29, 0.717) is 17.7 Å². The van der Waals surface area contributed by atoms with E-state index in [1.807, 2.05) is 20.8 Å². The van der Waals surface area contributed by atoms with E-state index in [1.54, 1.807) is 12.1 Å². The normalized spacial score (nSPS) is 11.0. The number of hydrogen-bond acceptors (Lipinski definition) is 3. The van der Waals surface area contributed by atoms with Gasteiger partial charge in [0.05, 0.1) is 11.4 Å². The first-order chi connectivity index (χ1) is 11.7. The van der Waals surface area contributed by atoms with Crippen LogP contribution in [0.1, 0.15) is 41.5 Å². The maximum atomic E-state index is 13.2. The summed E-state index contributed by atoms with van der Waals surface area (Å²) in [6.07, 6.45) is 0. The number of anilines is 2. The predicted molar refractivity (Wildman–Crippen MR) is 97.0 cm³/mol. The van der Waals surface area contributed by atoms with E-state index >= 15 is 0 Å². The summed E-state index contributed by atoms with van der Waals surface area (Å²) in [5, 5.41) is 5.40. The molecule has 0 heterocycles. The van der Waals surface area contributed by atoms with Gasteiger partial charge in [-0.2, -0.15) is 0 Å². The zero-order chi connectivity index (χ0) is 18.6. The van der Waals surface area contributed by atoms with Crippen molar-refractivity contribution in [2.75, 3.05) is 17.6 Å². The van der Waals surface area contributed by atoms with Gasteiger partial charge in [-0.1, -0.05) is 20.8 Å². The van der Waals surface area contributed by atoms with Gasteiger partial charge in [0.15, 0.2) is 0 Å². The molecular weight excluding hydrogens is 321 g/mol. The first-order valence-electron chi connectivity index (χ1n) is 7.90. The molecule has 0 fully saturated rings. The molecule has 0 saturated carbocycles. The van der Waals surface area contributed by atoms with Gasteiger partial charge in [0.25, 0.3) is 11.8 Å². The molecule has 0 aliphatic rings. The third-order valence-corrected chi connectivity index (χ3v) is 3.45. The molecule has 0 atom stereocenters. The van der Waals surface area contributed by atoms with Gasteiger partial charge in [-0.25, -0.2) is 4.39 Å². The van der Waals surface area contributed by atoms with Gasteiger partial charge in [0, 0.05) is 17.7 Å². The molecular formula is C19H22FN3O2. The van der Waals surface area contributed by atoms with Crippen LogP contribution in [0.15, 0.2) is 42.5 Å². The van der Waals surface area contributed by atoms with E-state index in [9.17, 15) is 14.0 Å². The minimum absolute atomic E-state index is 0.0135. The molecule has 0 radical (unpaired) electrons. The van der Waals surface area contributed by atoms with Crippen molar-refractivity contribution in [2.45, 2.75) is 20.8 Å². The molecule has 0 bridgehead atoms. The largest absolute Gasteiger partial charge is 0.397 e. The molecule has 0 saturated heterocycles. The van der Waals surface area contributed by atoms with Gasteiger partial charge >= 0.3 is 0 Å². The number of nitrogens with two attached hydrogens (primary N) is 1. The summed E-state index contributed by atoms with van der Waals surface area (Å²) in [7, 11) is 0. The topological polar surface area (TPSA) is 84.2 Å². The first kappa shape index (κ1) is 18.4. The Bertz CT molecular complexity index is 780. The number of rotatable bonds is 4. The van der Waals surface area contributed by atoms with Crippen molar-refractivity contribution in [2.24, 2.45) is 5.41 Å². The molecule has 0 spiro atoms. The number of halogens is 1. The van der Waals surface area contributed by atoms with Crippen LogP contribution < -0.4 is 16.4 Å². The second-order valence-electron chi connectivity index (χ2n) is 7.01. The van der Waals surface area contributed by atoms with Crippen LogP contribution in [-0.4, -0.2) is 18.4 Å². The standard InChI is InChI=1S/C19H22FN3O2/c1-19(2,3)11-22-17(24)12-4-6-13(7-5-12)18(25)23-16-10-14(20)8-9-15(16)21/h4-10H,11,21H2,1-3H3,(H,22,24)(H,23,25). The molecule has 0 unspecified atom stereocenters. The smallest absolute Gasteiger partial charge is 0.255 e. The summed E-state index contributed by atoms with van der Waals surface area (Å²) in [6, 6.07) is 9.97. The van der Waals surface area contributed by atoms with Crippen LogP contribution in [0.25, 0.3) is 0 Å². The second kappa shape index (κ2) is 7.34. The Kier molecular flexibility index (Phi) is 5.41. The van der Waals surface area contributed by atoms with Crippen LogP contribution in [0.3, 0.4) is 0 Å². The number of carbonyl (C=O) groups excluding carboxylic acids is 2. The zero-order valence-electron chi connectivity index (χ0n) is 14.5. The molecule has 6 heteroatoms. The summed E-state index contributed by atoms with van der Waals surface area (Å²) in [5.41, 5.74) is 6.98. The van der Waals surface area contributed by atoms with Gasteiger partial charge in [-0.15, -0.1) is 0 Å². The summed E-state index contributed by atoms with van der Waals surface area (Å²) in [4.78, 5) is 24.3. The minimum atomic E-state index is -0.490. The molecule has 0 aliphatic carbocycles. The number of nitrogen functional groups attached to an aromatic ring is 1. The van der Waals surface area contributed by atoms with Crippen molar-refractivity contribution >= 4 is 23.2 Å². The van der Waals surface area contributed by atoms with Gasteiger partial charge < -0.3 is 16.4 Å². The Morgan fingerprint density at radius 3 is 2.12 bits per heavy atom. The summed E-state index contributed by atoms with van der Waals surface area (Å²) >= 11 is 0. The van der Waals surface area contributed by atoms with E-state index in [1.165, 1.54) is 24.3 Å². The average molecular weight is 343 g/mol. The lowest BCUT2D eigenvalue weighted by molar-refractivity contribution is 0.0938. The molecule has 2 amide bonds. The van der Waals surface area contributed by atoms with Gasteiger partial charge in [0.1, 0.15) is 5.82 Å². The number of amides is 2. The van der Waals surface area contributed by atoms with Crippen molar-refractivity contribution in [3.05, 3.63) is 59.4 Å². The third kappa shape index (κ3) is 5.31. The van der Waals surface area contributed by atoms with Gasteiger partial charge in [-0.05, 0) is 47.9 Å². The molecule has 4 N–H and O–H groups in total. The quantitative estimate of drug-likeness (QED) is 0.744. The monoisotopic (exact) mass is 343 g/mol. The van der Waals surface area contributed by atoms with Gasteiger partial charge in [-0.3, -0.25) is 9.59 Å². The van der Waals surface area contributed by atoms with Crippen molar-refractivity contribution in [3.63, 3.8) is 0 Å². The molecule has 2 aromatic rings. The van der Waals surface area contributed by atoms with Crippen molar-refractivity contribution in [1.29, 1.82) is 0 Å². The first-order valence-corrected chi connectivity index (χ1v) is 7.90. The van der Waals surface area contributed by atoms with E-state index < -0.39 is 11.7 Å². The molecule has 25 heavy (non-hydrogen) atoms. The summed E-state index contributed by atoms with van der Waals surface area (Å²) < 4.78 is 13.2. The van der Waals surface area contributed by atoms with Crippen LogP contribution in [0.2, 0.25) is 0 Å². The van der Waals surface area contributed by atoms with E-state index in [0.717, 1.165) is 6.07 Å². The molecule has 132 valence electrons. The van der Waals surface area contributed by atoms with Crippen LogP contribution >= 0.6 is 0 Å². The Morgan fingerprint density at radius 1 is 1.00 bits per heavy atom. The molecule has 2 rings (SSSR count). The van der Waals surface area contributed by atoms with Crippen LogP contribution in [0.4, 0.5) is 15.8 Å². The minimum Gasteiger partial charge on any atom is -0.397 e. The number of nitrogens with one attached hydrogen (secondary N) is 2. The van der Waals surface area contributed by atoms with Crippen molar-refractivity contribution < 1.29 is 14.0 Å². The number of benzene rings is 2. The van der Waals surface area contributed by atoms with Crippen molar-refractivity contribution in [1.82, 2.24) is 5.32 Å². The summed E-state index contributed by atoms with van der Waals surface area (Å²) in [6.45, 7) is 6.63. The predicted octanol–water partition coefficient (Wildman–Crippen LogP) is 3.44. The maximum absolute atomic E-state index is 13.2. The number of hydrogen-bond donors (Lipinski definition) is 3. The third-order valence-electron chi connectivity index (χ3n) is 3.45. The van der Waals surface area contributed by atoms with E-state index in [-0.39, 0.29) is 22.7 Å². The molecule has 0 aliphatic heterocycles. The Morgan fingerprint density at radius 2 is 1.56 bits per heavy atom. The lowest BCUT2D eigenvalue weighted by Gasteiger charge is -2.18. The highest BCUT2D eigenvalue weighted by Gasteiger charge is 2.14. The Hall–Kier alpha value is -2.89. The fourth-order valence-electron chi connectivity index (χ4n) is 2.05. The second-order valence-corrected chi connectivity index (χ2v) is 7.01. The average Bonchev–Trinajstić information content (AvgIpc) is 2.55. The summed E-state index contributed by atoms with van der Waals surface area (Å²) in [5.74, 6) is -1.12. The van der Waals surface area contributed by atoms with Crippen LogP contribution in [0.5, 0.6) is 0 Å².